The van der Waals surface area contributed by atoms with Gasteiger partial charge in [-0.3, -0.25) is 4.79 Å². The normalized spacial score (nSPS) is 10.2. The fourth-order valence-corrected chi connectivity index (χ4v) is 3.11. The van der Waals surface area contributed by atoms with Gasteiger partial charge in [0.15, 0.2) is 0 Å². The number of ether oxygens (including phenoxy) is 1. The summed E-state index contributed by atoms with van der Waals surface area (Å²) in [7, 11) is 1.61. The maximum absolute atomic E-state index is 11.9. The molecule has 0 spiro atoms. The molecule has 0 fully saturated rings. The fourth-order valence-electron chi connectivity index (χ4n) is 1.72. The Bertz CT molecular complexity index is 568. The van der Waals surface area contributed by atoms with Gasteiger partial charge in [0.2, 0.25) is 5.91 Å². The summed E-state index contributed by atoms with van der Waals surface area (Å²) in [6, 6.07) is 9.57. The van der Waals surface area contributed by atoms with Crippen LogP contribution in [0.2, 0.25) is 0 Å². The molecule has 1 amide bonds. The quantitative estimate of drug-likeness (QED) is 0.906. The number of para-hydroxylation sites is 1. The first-order valence-corrected chi connectivity index (χ1v) is 7.48. The van der Waals surface area contributed by atoms with Gasteiger partial charge in [0.1, 0.15) is 5.75 Å². The molecule has 0 unspecified atom stereocenters. The van der Waals surface area contributed by atoms with Gasteiger partial charge >= 0.3 is 0 Å². The van der Waals surface area contributed by atoms with Crippen LogP contribution in [0.25, 0.3) is 0 Å². The summed E-state index contributed by atoms with van der Waals surface area (Å²) >= 11 is 5.01. The Morgan fingerprint density at radius 1 is 1.42 bits per heavy atom. The second-order valence-corrected chi connectivity index (χ2v) is 5.91. The third kappa shape index (κ3) is 4.08. The van der Waals surface area contributed by atoms with Crippen molar-refractivity contribution in [3.8, 4) is 5.75 Å². The Hall–Kier alpha value is -1.33. The van der Waals surface area contributed by atoms with E-state index in [1.54, 1.807) is 18.4 Å². The molecule has 1 aromatic heterocycles. The molecule has 1 aromatic carbocycles. The van der Waals surface area contributed by atoms with Crippen LogP contribution in [0.1, 0.15) is 10.4 Å². The highest BCUT2D eigenvalue weighted by Gasteiger charge is 2.08. The number of halogens is 1. The summed E-state index contributed by atoms with van der Waals surface area (Å²) < 4.78 is 6.28. The van der Waals surface area contributed by atoms with E-state index in [2.05, 4.69) is 21.2 Å². The monoisotopic (exact) mass is 339 g/mol. The lowest BCUT2D eigenvalue weighted by atomic mass is 10.1. The molecule has 0 saturated heterocycles. The van der Waals surface area contributed by atoms with Crippen molar-refractivity contribution in [2.45, 2.75) is 13.0 Å². The zero-order chi connectivity index (χ0) is 13.7. The van der Waals surface area contributed by atoms with Gasteiger partial charge in [-0.25, -0.2) is 0 Å². The first kappa shape index (κ1) is 14.1. The zero-order valence-electron chi connectivity index (χ0n) is 10.5. The molecule has 0 bridgehead atoms. The molecule has 1 heterocycles. The number of thiophene rings is 1. The SMILES string of the molecule is COc1ccccc1CC(=O)NCc1cc(Br)cs1. The molecule has 100 valence electrons. The number of carbonyl (C=O) groups is 1. The van der Waals surface area contributed by atoms with Crippen LogP contribution in [0, 0.1) is 0 Å². The first-order valence-electron chi connectivity index (χ1n) is 5.80. The van der Waals surface area contributed by atoms with Gasteiger partial charge in [-0.05, 0) is 28.1 Å². The van der Waals surface area contributed by atoms with Crippen molar-refractivity contribution in [3.63, 3.8) is 0 Å². The van der Waals surface area contributed by atoms with Gasteiger partial charge in [0, 0.05) is 20.3 Å². The third-order valence-electron chi connectivity index (χ3n) is 2.63. The average Bonchev–Trinajstić information content (AvgIpc) is 2.83. The average molecular weight is 340 g/mol. The van der Waals surface area contributed by atoms with E-state index in [0.717, 1.165) is 20.7 Å². The largest absolute Gasteiger partial charge is 0.496 e. The van der Waals surface area contributed by atoms with Gasteiger partial charge in [0.05, 0.1) is 20.1 Å². The van der Waals surface area contributed by atoms with Crippen LogP contribution in [0.15, 0.2) is 40.2 Å². The van der Waals surface area contributed by atoms with E-state index in [9.17, 15) is 4.79 Å². The van der Waals surface area contributed by atoms with Crippen LogP contribution >= 0.6 is 27.3 Å². The molecule has 2 rings (SSSR count). The van der Waals surface area contributed by atoms with Crippen molar-refractivity contribution in [3.05, 3.63) is 50.6 Å². The standard InChI is InChI=1S/C14H14BrNO2S/c1-18-13-5-3-2-4-10(13)6-14(17)16-8-12-7-11(15)9-19-12/h2-5,7,9H,6,8H2,1H3,(H,16,17). The van der Waals surface area contributed by atoms with E-state index >= 15 is 0 Å². The van der Waals surface area contributed by atoms with Crippen molar-refractivity contribution in [2.75, 3.05) is 7.11 Å². The Morgan fingerprint density at radius 2 is 2.21 bits per heavy atom. The minimum atomic E-state index is -0.00553. The zero-order valence-corrected chi connectivity index (χ0v) is 12.9. The van der Waals surface area contributed by atoms with Gasteiger partial charge in [0.25, 0.3) is 0 Å². The molecule has 0 aliphatic heterocycles. The van der Waals surface area contributed by atoms with E-state index < -0.39 is 0 Å². The minimum absolute atomic E-state index is 0.00553. The molecule has 0 aliphatic carbocycles. The van der Waals surface area contributed by atoms with Gasteiger partial charge in [-0.1, -0.05) is 18.2 Å². The van der Waals surface area contributed by atoms with Crippen LogP contribution in [0.4, 0.5) is 0 Å². The second kappa shape index (κ2) is 6.73. The van der Waals surface area contributed by atoms with E-state index in [4.69, 9.17) is 4.74 Å². The Balaban J connectivity index is 1.90. The molecule has 1 N–H and O–H groups in total. The van der Waals surface area contributed by atoms with E-state index in [0.29, 0.717) is 13.0 Å². The lowest BCUT2D eigenvalue weighted by Gasteiger charge is -2.08. The minimum Gasteiger partial charge on any atom is -0.496 e. The second-order valence-electron chi connectivity index (χ2n) is 4.00. The first-order chi connectivity index (χ1) is 9.19. The van der Waals surface area contributed by atoms with Crippen LogP contribution in [-0.4, -0.2) is 13.0 Å². The number of amides is 1. The number of rotatable bonds is 5. The van der Waals surface area contributed by atoms with Crippen molar-refractivity contribution in [1.29, 1.82) is 0 Å². The van der Waals surface area contributed by atoms with Crippen LogP contribution < -0.4 is 10.1 Å². The number of carbonyl (C=O) groups excluding carboxylic acids is 1. The highest BCUT2D eigenvalue weighted by molar-refractivity contribution is 9.10. The fraction of sp³-hybridized carbons (Fsp3) is 0.214. The predicted molar refractivity (Wildman–Crippen MR) is 80.6 cm³/mol. The van der Waals surface area contributed by atoms with E-state index in [1.807, 2.05) is 35.7 Å². The van der Waals surface area contributed by atoms with Crippen molar-refractivity contribution < 1.29 is 9.53 Å². The number of methoxy groups -OCH3 is 1. The lowest BCUT2D eigenvalue weighted by molar-refractivity contribution is -0.120. The van der Waals surface area contributed by atoms with Gasteiger partial charge < -0.3 is 10.1 Å². The maximum Gasteiger partial charge on any atom is 0.224 e. The smallest absolute Gasteiger partial charge is 0.224 e. The molecule has 2 aromatic rings. The molecular weight excluding hydrogens is 326 g/mol. The number of hydrogen-bond acceptors (Lipinski definition) is 3. The van der Waals surface area contributed by atoms with Gasteiger partial charge in [-0.15, -0.1) is 11.3 Å². The van der Waals surface area contributed by atoms with Crippen molar-refractivity contribution in [2.24, 2.45) is 0 Å². The summed E-state index contributed by atoms with van der Waals surface area (Å²) in [5.41, 5.74) is 0.898. The number of benzene rings is 1. The Labute approximate surface area is 124 Å². The van der Waals surface area contributed by atoms with Crippen LogP contribution in [0.3, 0.4) is 0 Å². The number of hydrogen-bond donors (Lipinski definition) is 1. The highest BCUT2D eigenvalue weighted by atomic mass is 79.9. The summed E-state index contributed by atoms with van der Waals surface area (Å²) in [5, 5.41) is 4.91. The molecule has 0 saturated carbocycles. The molecule has 0 radical (unpaired) electrons. The molecule has 3 nitrogen and oxygen atoms in total. The van der Waals surface area contributed by atoms with Crippen molar-refractivity contribution >= 4 is 33.2 Å². The predicted octanol–water partition coefficient (Wildman–Crippen LogP) is 3.38. The molecule has 0 atom stereocenters. The summed E-state index contributed by atoms with van der Waals surface area (Å²) in [6.45, 7) is 0.560. The van der Waals surface area contributed by atoms with E-state index in [-0.39, 0.29) is 5.91 Å². The summed E-state index contributed by atoms with van der Waals surface area (Å²) in [4.78, 5) is 13.0. The Morgan fingerprint density at radius 3 is 2.89 bits per heavy atom. The van der Waals surface area contributed by atoms with Crippen molar-refractivity contribution in [1.82, 2.24) is 5.32 Å². The lowest BCUT2D eigenvalue weighted by Crippen LogP contribution is -2.24. The van der Waals surface area contributed by atoms with Crippen LogP contribution in [-0.2, 0) is 17.8 Å². The van der Waals surface area contributed by atoms with E-state index in [1.165, 1.54) is 0 Å². The maximum atomic E-state index is 11.9. The van der Waals surface area contributed by atoms with Crippen LogP contribution in [0.5, 0.6) is 5.75 Å². The topological polar surface area (TPSA) is 38.3 Å². The van der Waals surface area contributed by atoms with Gasteiger partial charge in [-0.2, -0.15) is 0 Å². The molecular formula is C14H14BrNO2S. The molecule has 19 heavy (non-hydrogen) atoms. The summed E-state index contributed by atoms with van der Waals surface area (Å²) in [5.74, 6) is 0.741. The third-order valence-corrected chi connectivity index (χ3v) is 4.32. The molecule has 5 heteroatoms. The molecule has 0 aliphatic rings. The Kier molecular flexibility index (Phi) is 4.99. The summed E-state index contributed by atoms with van der Waals surface area (Å²) in [6.07, 6.45) is 0.330. The highest BCUT2D eigenvalue weighted by Crippen LogP contribution is 2.20. The number of nitrogens with one attached hydrogen (secondary N) is 1.